The first kappa shape index (κ1) is 35.5. The van der Waals surface area contributed by atoms with Gasteiger partial charge in [-0.15, -0.1) is 11.3 Å². The minimum Gasteiger partial charge on any atom is -0.455 e. The van der Waals surface area contributed by atoms with Gasteiger partial charge in [-0.25, -0.2) is 0 Å². The lowest BCUT2D eigenvalue weighted by molar-refractivity contribution is 0.590. The minimum atomic E-state index is -0.513. The molecule has 294 valence electrons. The summed E-state index contributed by atoms with van der Waals surface area (Å²) in [5.74, 6) is 0. The average Bonchev–Trinajstić information content (AvgIpc) is 4.04. The first-order valence-electron chi connectivity index (χ1n) is 21.6. The zero-order chi connectivity index (χ0) is 41.3. The topological polar surface area (TPSA) is 16.4 Å². The summed E-state index contributed by atoms with van der Waals surface area (Å²) in [7, 11) is 0. The molecule has 2 aliphatic carbocycles. The Morgan fingerprint density at radius 3 is 1.71 bits per heavy atom. The Labute approximate surface area is 365 Å². The molecular weight excluding hydrogens is 771 g/mol. The van der Waals surface area contributed by atoms with Gasteiger partial charge in [0.15, 0.2) is 0 Å². The number of anilines is 3. The van der Waals surface area contributed by atoms with Crippen molar-refractivity contribution in [3.63, 3.8) is 0 Å². The summed E-state index contributed by atoms with van der Waals surface area (Å²) in [4.78, 5) is 2.55. The molecule has 0 N–H and O–H groups in total. The van der Waals surface area contributed by atoms with Crippen molar-refractivity contribution in [2.75, 3.05) is 4.90 Å². The standard InChI is InChI=1S/C59H41NOS/c1-58(2,3)36-30-32-37(33-31-36)60(51-26-15-29-55-56(51)44-20-8-13-28-54(44)62-55)52-35-50-45(34-46(52)43-22-14-21-42-41-19-7-12-27-53(41)61-57(42)43)40-18-6-11-25-49(40)59(50)47-23-9-4-16-38(47)39-17-5-10-24-48(39)59/h4-35H,1-3H3. The van der Waals surface area contributed by atoms with Gasteiger partial charge < -0.3 is 9.32 Å². The van der Waals surface area contributed by atoms with Crippen molar-refractivity contribution in [3.8, 4) is 33.4 Å². The molecule has 0 amide bonds. The maximum atomic E-state index is 6.91. The first-order chi connectivity index (χ1) is 30.4. The van der Waals surface area contributed by atoms with Crippen LogP contribution in [-0.2, 0) is 10.8 Å². The number of benzene rings is 9. The molecule has 0 saturated heterocycles. The van der Waals surface area contributed by atoms with Crippen LogP contribution < -0.4 is 4.90 Å². The lowest BCUT2D eigenvalue weighted by atomic mass is 9.70. The van der Waals surface area contributed by atoms with E-state index in [9.17, 15) is 0 Å². The van der Waals surface area contributed by atoms with Crippen LogP contribution in [0, 0.1) is 0 Å². The van der Waals surface area contributed by atoms with Gasteiger partial charge in [-0.2, -0.15) is 0 Å². The molecule has 11 aromatic rings. The number of nitrogens with zero attached hydrogens (tertiary/aromatic N) is 1. The molecule has 2 aromatic heterocycles. The Balaban J connectivity index is 1.21. The predicted molar refractivity (Wildman–Crippen MR) is 262 cm³/mol. The summed E-state index contributed by atoms with van der Waals surface area (Å²) in [5.41, 5.74) is 18.5. The second kappa shape index (κ2) is 12.9. The summed E-state index contributed by atoms with van der Waals surface area (Å²) in [5, 5.41) is 4.77. The Hall–Kier alpha value is -7.20. The number of thiophene rings is 1. The van der Waals surface area contributed by atoms with Crippen LogP contribution in [0.25, 0.3) is 75.5 Å². The highest BCUT2D eigenvalue weighted by Gasteiger charge is 2.52. The van der Waals surface area contributed by atoms with E-state index in [0.717, 1.165) is 50.1 Å². The summed E-state index contributed by atoms with van der Waals surface area (Å²) in [6.07, 6.45) is 0. The summed E-state index contributed by atoms with van der Waals surface area (Å²) >= 11 is 1.86. The van der Waals surface area contributed by atoms with Crippen LogP contribution in [0.4, 0.5) is 17.1 Å². The SMILES string of the molecule is CC(C)(C)c1ccc(N(c2cc3c(cc2-c2cccc4c2oc2ccccc24)-c2ccccc2C32c3ccccc3-c3ccccc32)c2cccc3sc4ccccc4c23)cc1. The van der Waals surface area contributed by atoms with E-state index < -0.39 is 5.41 Å². The number of fused-ring (bicyclic) bond motifs is 16. The van der Waals surface area contributed by atoms with Gasteiger partial charge in [-0.05, 0) is 104 Å². The van der Waals surface area contributed by atoms with E-state index in [1.165, 1.54) is 70.2 Å². The molecule has 13 rings (SSSR count). The van der Waals surface area contributed by atoms with E-state index in [-0.39, 0.29) is 5.41 Å². The van der Waals surface area contributed by atoms with Crippen molar-refractivity contribution in [3.05, 3.63) is 222 Å². The number of hydrogen-bond donors (Lipinski definition) is 0. The van der Waals surface area contributed by atoms with Gasteiger partial charge in [-0.3, -0.25) is 0 Å². The quantitative estimate of drug-likeness (QED) is 0.176. The number of hydrogen-bond acceptors (Lipinski definition) is 3. The van der Waals surface area contributed by atoms with E-state index in [2.05, 4.69) is 220 Å². The molecule has 0 saturated carbocycles. The van der Waals surface area contributed by atoms with E-state index >= 15 is 0 Å². The Bertz CT molecular complexity index is 3590. The highest BCUT2D eigenvalue weighted by molar-refractivity contribution is 7.26. The van der Waals surface area contributed by atoms with Crippen LogP contribution in [0.3, 0.4) is 0 Å². The third kappa shape index (κ3) is 4.80. The zero-order valence-corrected chi connectivity index (χ0v) is 35.6. The van der Waals surface area contributed by atoms with Crippen LogP contribution in [0.1, 0.15) is 48.6 Å². The third-order valence-electron chi connectivity index (χ3n) is 13.7. The Morgan fingerprint density at radius 1 is 0.435 bits per heavy atom. The van der Waals surface area contributed by atoms with Crippen molar-refractivity contribution in [2.24, 2.45) is 0 Å². The highest BCUT2D eigenvalue weighted by atomic mass is 32.1. The summed E-state index contributed by atoms with van der Waals surface area (Å²) in [6, 6.07) is 72.4. The molecule has 0 atom stereocenters. The molecule has 0 radical (unpaired) electrons. The first-order valence-corrected chi connectivity index (χ1v) is 22.4. The molecule has 2 aliphatic rings. The largest absolute Gasteiger partial charge is 0.455 e. The van der Waals surface area contributed by atoms with Gasteiger partial charge in [0, 0.05) is 47.8 Å². The van der Waals surface area contributed by atoms with Crippen molar-refractivity contribution in [1.29, 1.82) is 0 Å². The zero-order valence-electron chi connectivity index (χ0n) is 34.7. The molecule has 62 heavy (non-hydrogen) atoms. The lowest BCUT2D eigenvalue weighted by Crippen LogP contribution is -2.26. The molecule has 3 heteroatoms. The Morgan fingerprint density at radius 2 is 1.00 bits per heavy atom. The van der Waals surface area contributed by atoms with Gasteiger partial charge in [0.2, 0.25) is 0 Å². The predicted octanol–water partition coefficient (Wildman–Crippen LogP) is 16.7. The molecule has 9 aromatic carbocycles. The number of furan rings is 1. The van der Waals surface area contributed by atoms with E-state index in [4.69, 9.17) is 4.42 Å². The summed E-state index contributed by atoms with van der Waals surface area (Å²) in [6.45, 7) is 6.87. The molecule has 0 bridgehead atoms. The van der Waals surface area contributed by atoms with Crippen LogP contribution >= 0.6 is 11.3 Å². The van der Waals surface area contributed by atoms with Gasteiger partial charge in [0.05, 0.1) is 16.8 Å². The highest BCUT2D eigenvalue weighted by Crippen LogP contribution is 2.64. The van der Waals surface area contributed by atoms with Gasteiger partial charge >= 0.3 is 0 Å². The molecule has 0 fully saturated rings. The second-order valence-electron chi connectivity index (χ2n) is 18.0. The fourth-order valence-corrected chi connectivity index (χ4v) is 12.1. The van der Waals surface area contributed by atoms with Crippen molar-refractivity contribution in [1.82, 2.24) is 0 Å². The van der Waals surface area contributed by atoms with Gasteiger partial charge in [-0.1, -0.05) is 166 Å². The fraction of sp³-hybridized carbons (Fsp3) is 0.0847. The van der Waals surface area contributed by atoms with Crippen molar-refractivity contribution >= 4 is 70.5 Å². The van der Waals surface area contributed by atoms with E-state index in [1.807, 2.05) is 11.3 Å². The van der Waals surface area contributed by atoms with Crippen LogP contribution in [0.2, 0.25) is 0 Å². The molecule has 1 spiro atoms. The third-order valence-corrected chi connectivity index (χ3v) is 14.8. The smallest absolute Gasteiger partial charge is 0.143 e. The summed E-state index contributed by atoms with van der Waals surface area (Å²) < 4.78 is 9.46. The average molecular weight is 812 g/mol. The fourth-order valence-electron chi connectivity index (χ4n) is 10.9. The normalized spacial score (nSPS) is 13.5. The molecule has 0 aliphatic heterocycles. The van der Waals surface area contributed by atoms with Crippen LogP contribution in [-0.4, -0.2) is 0 Å². The monoisotopic (exact) mass is 811 g/mol. The van der Waals surface area contributed by atoms with Crippen molar-refractivity contribution < 1.29 is 4.42 Å². The second-order valence-corrected chi connectivity index (χ2v) is 19.0. The molecule has 2 heterocycles. The number of para-hydroxylation sites is 2. The van der Waals surface area contributed by atoms with Crippen LogP contribution in [0.15, 0.2) is 199 Å². The Kier molecular flexibility index (Phi) is 7.40. The van der Waals surface area contributed by atoms with Crippen molar-refractivity contribution in [2.45, 2.75) is 31.6 Å². The maximum Gasteiger partial charge on any atom is 0.143 e. The molecule has 0 unspecified atom stereocenters. The minimum absolute atomic E-state index is 0.00398. The van der Waals surface area contributed by atoms with E-state index in [0.29, 0.717) is 0 Å². The van der Waals surface area contributed by atoms with Gasteiger partial charge in [0.1, 0.15) is 11.2 Å². The maximum absolute atomic E-state index is 6.91. The lowest BCUT2D eigenvalue weighted by Gasteiger charge is -2.34. The number of rotatable bonds is 4. The molecular formula is C59H41NOS. The van der Waals surface area contributed by atoms with E-state index in [1.54, 1.807) is 0 Å². The van der Waals surface area contributed by atoms with Crippen LogP contribution in [0.5, 0.6) is 0 Å². The molecule has 2 nitrogen and oxygen atoms in total. The van der Waals surface area contributed by atoms with Gasteiger partial charge in [0.25, 0.3) is 0 Å².